The monoisotopic (exact) mass is 222 g/mol. The van der Waals surface area contributed by atoms with Gasteiger partial charge in [-0.25, -0.2) is 4.39 Å². The van der Waals surface area contributed by atoms with Crippen LogP contribution in [-0.4, -0.2) is 20.9 Å². The minimum atomic E-state index is -0.944. The van der Waals surface area contributed by atoms with Crippen LogP contribution in [0.1, 0.15) is 12.6 Å². The van der Waals surface area contributed by atoms with E-state index in [0.717, 1.165) is 0 Å². The van der Waals surface area contributed by atoms with Crippen LogP contribution in [0.2, 0.25) is 0 Å². The molecule has 0 atom stereocenters. The van der Waals surface area contributed by atoms with Crippen LogP contribution < -0.4 is 0 Å². The van der Waals surface area contributed by atoms with Gasteiger partial charge < -0.3 is 5.11 Å². The van der Waals surface area contributed by atoms with Gasteiger partial charge in [0.1, 0.15) is 5.82 Å². The fourth-order valence-electron chi connectivity index (χ4n) is 1.75. The second kappa shape index (κ2) is 3.92. The van der Waals surface area contributed by atoms with Crippen LogP contribution in [0.3, 0.4) is 0 Å². The second-order valence-electron chi connectivity index (χ2n) is 3.49. The standard InChI is InChI=1S/C11H11FN2O2/c1-2-14-10(6-11(15)16)8-5-7(12)3-4-9(8)13-14/h3-5H,2,6H2,1H3,(H,15,16). The molecule has 0 fully saturated rings. The first-order valence-corrected chi connectivity index (χ1v) is 4.98. The van der Waals surface area contributed by atoms with E-state index in [4.69, 9.17) is 5.11 Å². The van der Waals surface area contributed by atoms with Crippen molar-refractivity contribution in [3.8, 4) is 0 Å². The summed E-state index contributed by atoms with van der Waals surface area (Å²) < 4.78 is 14.7. The molecule has 5 heteroatoms. The summed E-state index contributed by atoms with van der Waals surface area (Å²) in [4.78, 5) is 10.7. The minimum absolute atomic E-state index is 0.145. The number of aryl methyl sites for hydroxylation is 1. The normalized spacial score (nSPS) is 10.9. The third-order valence-corrected chi connectivity index (χ3v) is 2.43. The van der Waals surface area contributed by atoms with Gasteiger partial charge in [-0.15, -0.1) is 0 Å². The Kier molecular flexibility index (Phi) is 2.60. The van der Waals surface area contributed by atoms with Crippen molar-refractivity contribution in [2.45, 2.75) is 19.9 Å². The zero-order valence-electron chi connectivity index (χ0n) is 8.77. The Labute approximate surface area is 91.3 Å². The first-order valence-electron chi connectivity index (χ1n) is 4.98. The number of aromatic nitrogens is 2. The predicted octanol–water partition coefficient (Wildman–Crippen LogP) is 1.82. The van der Waals surface area contributed by atoms with E-state index in [1.165, 1.54) is 12.1 Å². The smallest absolute Gasteiger partial charge is 0.309 e. The van der Waals surface area contributed by atoms with Gasteiger partial charge in [-0.2, -0.15) is 5.10 Å². The van der Waals surface area contributed by atoms with E-state index in [9.17, 15) is 9.18 Å². The van der Waals surface area contributed by atoms with Crippen LogP contribution in [0.4, 0.5) is 4.39 Å². The predicted molar refractivity (Wildman–Crippen MR) is 56.7 cm³/mol. The molecule has 0 radical (unpaired) electrons. The van der Waals surface area contributed by atoms with Crippen LogP contribution in [-0.2, 0) is 17.8 Å². The largest absolute Gasteiger partial charge is 0.481 e. The molecule has 0 aliphatic rings. The molecule has 0 amide bonds. The van der Waals surface area contributed by atoms with Crippen molar-refractivity contribution in [2.24, 2.45) is 0 Å². The van der Waals surface area contributed by atoms with E-state index in [1.807, 2.05) is 6.92 Å². The van der Waals surface area contributed by atoms with Crippen LogP contribution in [0.5, 0.6) is 0 Å². The molecule has 1 aromatic carbocycles. The number of benzene rings is 1. The van der Waals surface area contributed by atoms with Gasteiger partial charge in [-0.05, 0) is 25.1 Å². The summed E-state index contributed by atoms with van der Waals surface area (Å²) in [5.74, 6) is -1.32. The molecule has 0 bridgehead atoms. The average molecular weight is 222 g/mol. The van der Waals surface area contributed by atoms with Gasteiger partial charge in [-0.1, -0.05) is 0 Å². The maximum atomic E-state index is 13.1. The highest BCUT2D eigenvalue weighted by Gasteiger charge is 2.13. The molecule has 1 N–H and O–H groups in total. The molecule has 84 valence electrons. The third-order valence-electron chi connectivity index (χ3n) is 2.43. The highest BCUT2D eigenvalue weighted by Crippen LogP contribution is 2.20. The fraction of sp³-hybridized carbons (Fsp3) is 0.273. The molecule has 0 saturated heterocycles. The molecule has 0 spiro atoms. The van der Waals surface area contributed by atoms with Gasteiger partial charge in [0.25, 0.3) is 0 Å². The zero-order valence-corrected chi connectivity index (χ0v) is 8.77. The molecule has 1 aromatic heterocycles. The molecule has 4 nitrogen and oxygen atoms in total. The lowest BCUT2D eigenvalue weighted by Crippen LogP contribution is -2.08. The van der Waals surface area contributed by atoms with Crippen molar-refractivity contribution in [3.63, 3.8) is 0 Å². The van der Waals surface area contributed by atoms with Crippen LogP contribution in [0.25, 0.3) is 10.9 Å². The topological polar surface area (TPSA) is 55.1 Å². The minimum Gasteiger partial charge on any atom is -0.481 e. The van der Waals surface area contributed by atoms with Crippen molar-refractivity contribution >= 4 is 16.9 Å². The SMILES string of the molecule is CCn1nc2ccc(F)cc2c1CC(=O)O. The number of carboxylic acids is 1. The van der Waals surface area contributed by atoms with E-state index in [2.05, 4.69) is 5.10 Å². The molecule has 16 heavy (non-hydrogen) atoms. The summed E-state index contributed by atoms with van der Waals surface area (Å²) in [5, 5.41) is 13.6. The Balaban J connectivity index is 2.65. The van der Waals surface area contributed by atoms with Crippen molar-refractivity contribution in [1.82, 2.24) is 9.78 Å². The summed E-state index contributed by atoms with van der Waals surface area (Å²) in [5.41, 5.74) is 1.17. The maximum Gasteiger partial charge on any atom is 0.309 e. The Bertz CT molecular complexity index is 548. The molecule has 1 heterocycles. The van der Waals surface area contributed by atoms with Gasteiger partial charge in [0.2, 0.25) is 0 Å². The first-order chi connectivity index (χ1) is 7.61. The second-order valence-corrected chi connectivity index (χ2v) is 3.49. The highest BCUT2D eigenvalue weighted by molar-refractivity contribution is 5.85. The van der Waals surface area contributed by atoms with Gasteiger partial charge in [0.05, 0.1) is 17.6 Å². The summed E-state index contributed by atoms with van der Waals surface area (Å²) in [7, 11) is 0. The number of aliphatic carboxylic acids is 1. The zero-order chi connectivity index (χ0) is 11.7. The number of carboxylic acid groups (broad SMARTS) is 1. The summed E-state index contributed by atoms with van der Waals surface area (Å²) >= 11 is 0. The van der Waals surface area contributed by atoms with Crippen LogP contribution in [0, 0.1) is 5.82 Å². The van der Waals surface area contributed by atoms with E-state index in [1.54, 1.807) is 10.7 Å². The lowest BCUT2D eigenvalue weighted by atomic mass is 10.1. The Morgan fingerprint density at radius 2 is 2.31 bits per heavy atom. The molecular formula is C11H11FN2O2. The number of hydrogen-bond donors (Lipinski definition) is 1. The average Bonchev–Trinajstić information content (AvgIpc) is 2.56. The van der Waals surface area contributed by atoms with E-state index in [-0.39, 0.29) is 12.2 Å². The van der Waals surface area contributed by atoms with Crippen molar-refractivity contribution in [1.29, 1.82) is 0 Å². The van der Waals surface area contributed by atoms with Gasteiger partial charge >= 0.3 is 5.97 Å². The Morgan fingerprint density at radius 3 is 2.94 bits per heavy atom. The molecule has 2 aromatic rings. The fourth-order valence-corrected chi connectivity index (χ4v) is 1.75. The van der Waals surface area contributed by atoms with Crippen molar-refractivity contribution in [2.75, 3.05) is 0 Å². The summed E-state index contributed by atoms with van der Waals surface area (Å²) in [6.45, 7) is 2.44. The summed E-state index contributed by atoms with van der Waals surface area (Å²) in [6.07, 6.45) is -0.145. The molecule has 0 saturated carbocycles. The molecule has 0 aliphatic carbocycles. The number of nitrogens with zero attached hydrogens (tertiary/aromatic N) is 2. The van der Waals surface area contributed by atoms with E-state index < -0.39 is 5.97 Å². The van der Waals surface area contributed by atoms with Gasteiger partial charge in [0, 0.05) is 11.9 Å². The first kappa shape index (κ1) is 10.6. The van der Waals surface area contributed by atoms with Gasteiger partial charge in [-0.3, -0.25) is 9.48 Å². The van der Waals surface area contributed by atoms with Crippen molar-refractivity contribution < 1.29 is 14.3 Å². The molecule has 2 rings (SSSR count). The van der Waals surface area contributed by atoms with Crippen LogP contribution >= 0.6 is 0 Å². The number of hydrogen-bond acceptors (Lipinski definition) is 2. The van der Waals surface area contributed by atoms with E-state index >= 15 is 0 Å². The van der Waals surface area contributed by atoms with Crippen LogP contribution in [0.15, 0.2) is 18.2 Å². The number of rotatable bonds is 3. The number of fused-ring (bicyclic) bond motifs is 1. The molecule has 0 unspecified atom stereocenters. The molecule has 0 aliphatic heterocycles. The Hall–Kier alpha value is -1.91. The quantitative estimate of drug-likeness (QED) is 0.861. The highest BCUT2D eigenvalue weighted by atomic mass is 19.1. The van der Waals surface area contributed by atoms with Gasteiger partial charge in [0.15, 0.2) is 0 Å². The van der Waals surface area contributed by atoms with E-state index in [0.29, 0.717) is 23.1 Å². The number of carbonyl (C=O) groups is 1. The summed E-state index contributed by atoms with van der Waals surface area (Å²) in [6, 6.07) is 4.20. The molecular weight excluding hydrogens is 211 g/mol. The Morgan fingerprint density at radius 1 is 1.56 bits per heavy atom. The maximum absolute atomic E-state index is 13.1. The third kappa shape index (κ3) is 1.76. The lowest BCUT2D eigenvalue weighted by molar-refractivity contribution is -0.136. The number of halogens is 1. The lowest BCUT2D eigenvalue weighted by Gasteiger charge is -2.01. The van der Waals surface area contributed by atoms with Crippen molar-refractivity contribution in [3.05, 3.63) is 29.7 Å².